The predicted molar refractivity (Wildman–Crippen MR) is 67.2 cm³/mol. The molecule has 2 aliphatic rings. The molecule has 2 aliphatic carbocycles. The molecule has 0 aromatic heterocycles. The van der Waals surface area contributed by atoms with Gasteiger partial charge in [0.05, 0.1) is 5.25 Å². The highest BCUT2D eigenvalue weighted by atomic mass is 32.2. The Balaban J connectivity index is 1.94. The zero-order valence-electron chi connectivity index (χ0n) is 10.5. The molecule has 0 aromatic carbocycles. The average molecular weight is 261 g/mol. The second kappa shape index (κ2) is 5.24. The average Bonchev–Trinajstić information content (AvgIpc) is 2.25. The van der Waals surface area contributed by atoms with Crippen molar-refractivity contribution < 1.29 is 13.5 Å². The molecule has 0 heterocycles. The molecule has 0 aromatic rings. The van der Waals surface area contributed by atoms with Crippen LogP contribution in [0.25, 0.3) is 0 Å². The topological polar surface area (TPSA) is 57.6 Å². The van der Waals surface area contributed by atoms with Gasteiger partial charge >= 0.3 is 0 Å². The van der Waals surface area contributed by atoms with E-state index in [1.54, 1.807) is 11.4 Å². The molecule has 5 heteroatoms. The summed E-state index contributed by atoms with van der Waals surface area (Å²) >= 11 is 0. The van der Waals surface area contributed by atoms with Crippen LogP contribution in [0.5, 0.6) is 0 Å². The minimum absolute atomic E-state index is 0.122. The minimum Gasteiger partial charge on any atom is -0.396 e. The van der Waals surface area contributed by atoms with E-state index in [1.165, 1.54) is 0 Å². The van der Waals surface area contributed by atoms with E-state index in [9.17, 15) is 8.42 Å². The predicted octanol–water partition coefficient (Wildman–Crippen LogP) is 1.35. The molecule has 0 bridgehead atoms. The van der Waals surface area contributed by atoms with Gasteiger partial charge in [-0.05, 0) is 44.4 Å². The summed E-state index contributed by atoms with van der Waals surface area (Å²) in [6, 6.07) is 0.156. The van der Waals surface area contributed by atoms with Crippen molar-refractivity contribution in [1.29, 1.82) is 0 Å². The van der Waals surface area contributed by atoms with E-state index < -0.39 is 10.0 Å². The van der Waals surface area contributed by atoms with Gasteiger partial charge < -0.3 is 5.11 Å². The normalized spacial score (nSPS) is 31.5. The first-order chi connectivity index (χ1) is 8.05. The lowest BCUT2D eigenvalue weighted by Crippen LogP contribution is -2.46. The lowest BCUT2D eigenvalue weighted by atomic mass is 9.87. The summed E-state index contributed by atoms with van der Waals surface area (Å²) in [5.41, 5.74) is 0. The highest BCUT2D eigenvalue weighted by molar-refractivity contribution is 7.89. The first-order valence-corrected chi connectivity index (χ1v) is 8.13. The minimum atomic E-state index is -3.06. The van der Waals surface area contributed by atoms with E-state index in [2.05, 4.69) is 0 Å². The third kappa shape index (κ3) is 2.66. The Hall–Kier alpha value is -0.130. The van der Waals surface area contributed by atoms with Crippen LogP contribution in [0.1, 0.15) is 44.9 Å². The van der Waals surface area contributed by atoms with Crippen LogP contribution in [-0.4, -0.2) is 42.8 Å². The lowest BCUT2D eigenvalue weighted by Gasteiger charge is -2.37. The summed E-state index contributed by atoms with van der Waals surface area (Å²) in [5, 5.41) is 8.96. The fourth-order valence-corrected chi connectivity index (χ4v) is 4.83. The Labute approximate surface area is 104 Å². The van der Waals surface area contributed by atoms with Crippen molar-refractivity contribution in [3.05, 3.63) is 0 Å². The van der Waals surface area contributed by atoms with E-state index in [0.717, 1.165) is 44.9 Å². The SMILES string of the molecule is CN(C1CCC(CO)CC1)S(=O)(=O)C1CCC1. The van der Waals surface area contributed by atoms with Crippen molar-refractivity contribution in [3.63, 3.8) is 0 Å². The smallest absolute Gasteiger partial charge is 0.216 e. The fraction of sp³-hybridized carbons (Fsp3) is 1.00. The molecule has 2 rings (SSSR count). The molecule has 0 atom stereocenters. The van der Waals surface area contributed by atoms with Crippen molar-refractivity contribution in [2.24, 2.45) is 5.92 Å². The second-order valence-electron chi connectivity index (χ2n) is 5.47. The molecular weight excluding hydrogens is 238 g/mol. The van der Waals surface area contributed by atoms with Crippen molar-refractivity contribution >= 4 is 10.0 Å². The molecule has 2 fully saturated rings. The van der Waals surface area contributed by atoms with Gasteiger partial charge in [0, 0.05) is 19.7 Å². The van der Waals surface area contributed by atoms with E-state index in [1.807, 2.05) is 0 Å². The number of nitrogens with zero attached hydrogens (tertiary/aromatic N) is 1. The van der Waals surface area contributed by atoms with Gasteiger partial charge in [-0.2, -0.15) is 0 Å². The van der Waals surface area contributed by atoms with Gasteiger partial charge in [0.25, 0.3) is 0 Å². The quantitative estimate of drug-likeness (QED) is 0.831. The Morgan fingerprint density at radius 3 is 2.12 bits per heavy atom. The zero-order chi connectivity index (χ0) is 12.5. The van der Waals surface area contributed by atoms with Gasteiger partial charge in [-0.3, -0.25) is 0 Å². The maximum atomic E-state index is 12.2. The molecule has 0 unspecified atom stereocenters. The second-order valence-corrected chi connectivity index (χ2v) is 7.74. The van der Waals surface area contributed by atoms with E-state index in [-0.39, 0.29) is 17.9 Å². The van der Waals surface area contributed by atoms with Crippen LogP contribution in [0.2, 0.25) is 0 Å². The van der Waals surface area contributed by atoms with Crippen LogP contribution >= 0.6 is 0 Å². The maximum Gasteiger partial charge on any atom is 0.216 e. The molecule has 0 amide bonds. The molecule has 4 nitrogen and oxygen atoms in total. The van der Waals surface area contributed by atoms with Crippen LogP contribution in [0.4, 0.5) is 0 Å². The van der Waals surface area contributed by atoms with Gasteiger partial charge in [0.2, 0.25) is 10.0 Å². The van der Waals surface area contributed by atoms with Crippen LogP contribution < -0.4 is 0 Å². The van der Waals surface area contributed by atoms with Crippen molar-refractivity contribution in [2.75, 3.05) is 13.7 Å². The van der Waals surface area contributed by atoms with Crippen LogP contribution in [0.15, 0.2) is 0 Å². The Kier molecular flexibility index (Phi) is 4.10. The summed E-state index contributed by atoms with van der Waals surface area (Å²) in [5.74, 6) is 0.381. The summed E-state index contributed by atoms with van der Waals surface area (Å²) in [6.07, 6.45) is 6.41. The number of aliphatic hydroxyl groups is 1. The van der Waals surface area contributed by atoms with Gasteiger partial charge in [0.15, 0.2) is 0 Å². The van der Waals surface area contributed by atoms with Gasteiger partial charge in [0.1, 0.15) is 0 Å². The standard InChI is InChI=1S/C12H23NO3S/c1-13(17(15,16)12-3-2-4-12)11-7-5-10(9-14)6-8-11/h10-12,14H,2-9H2,1H3. The Morgan fingerprint density at radius 1 is 1.12 bits per heavy atom. The monoisotopic (exact) mass is 261 g/mol. The van der Waals surface area contributed by atoms with Gasteiger partial charge in [-0.15, -0.1) is 0 Å². The third-order valence-electron chi connectivity index (χ3n) is 4.46. The van der Waals surface area contributed by atoms with Crippen molar-refractivity contribution in [2.45, 2.75) is 56.2 Å². The van der Waals surface area contributed by atoms with E-state index in [4.69, 9.17) is 5.11 Å². The van der Waals surface area contributed by atoms with E-state index in [0.29, 0.717) is 5.92 Å². The summed E-state index contributed by atoms with van der Waals surface area (Å²) in [7, 11) is -1.32. The number of hydrogen-bond acceptors (Lipinski definition) is 3. The molecule has 0 spiro atoms. The number of hydrogen-bond donors (Lipinski definition) is 1. The highest BCUT2D eigenvalue weighted by Crippen LogP contribution is 2.33. The fourth-order valence-electron chi connectivity index (χ4n) is 2.80. The lowest BCUT2D eigenvalue weighted by molar-refractivity contribution is 0.158. The molecule has 1 N–H and O–H groups in total. The van der Waals surface area contributed by atoms with Gasteiger partial charge in [-0.25, -0.2) is 12.7 Å². The molecule has 0 radical (unpaired) electrons. The molecular formula is C12H23NO3S. The van der Waals surface area contributed by atoms with Crippen molar-refractivity contribution in [3.8, 4) is 0 Å². The maximum absolute atomic E-state index is 12.2. The number of sulfonamides is 1. The molecule has 100 valence electrons. The highest BCUT2D eigenvalue weighted by Gasteiger charge is 2.38. The Morgan fingerprint density at radius 2 is 1.71 bits per heavy atom. The summed E-state index contributed by atoms with van der Waals surface area (Å²) < 4.78 is 26.1. The first kappa shape index (κ1) is 13.3. The zero-order valence-corrected chi connectivity index (χ0v) is 11.3. The Bertz CT molecular complexity index is 343. The number of rotatable bonds is 4. The first-order valence-electron chi connectivity index (χ1n) is 6.63. The van der Waals surface area contributed by atoms with Crippen LogP contribution in [-0.2, 0) is 10.0 Å². The molecule has 17 heavy (non-hydrogen) atoms. The van der Waals surface area contributed by atoms with E-state index >= 15 is 0 Å². The third-order valence-corrected chi connectivity index (χ3v) is 6.88. The largest absolute Gasteiger partial charge is 0.396 e. The van der Waals surface area contributed by atoms with Crippen LogP contribution in [0, 0.1) is 5.92 Å². The summed E-state index contributed by atoms with van der Waals surface area (Å²) in [6.45, 7) is 0.242. The van der Waals surface area contributed by atoms with Crippen molar-refractivity contribution in [1.82, 2.24) is 4.31 Å². The van der Waals surface area contributed by atoms with Gasteiger partial charge in [-0.1, -0.05) is 6.42 Å². The molecule has 2 saturated carbocycles. The van der Waals surface area contributed by atoms with Crippen LogP contribution in [0.3, 0.4) is 0 Å². The molecule has 0 saturated heterocycles. The molecule has 0 aliphatic heterocycles. The number of aliphatic hydroxyl groups excluding tert-OH is 1. The summed E-state index contributed by atoms with van der Waals surface area (Å²) in [4.78, 5) is 0.